The number of rotatable bonds is 5. The number of aromatic nitrogens is 3. The molecule has 0 spiro atoms. The molecule has 0 saturated carbocycles. The van der Waals surface area contributed by atoms with Crippen LogP contribution in [0.2, 0.25) is 5.02 Å². The number of hydrogen-bond donors (Lipinski definition) is 1. The number of nitrogens with one attached hydrogen (secondary N) is 1. The van der Waals surface area contributed by atoms with Crippen LogP contribution in [0.4, 0.5) is 0 Å². The topological polar surface area (TPSA) is 90.0 Å². The van der Waals surface area contributed by atoms with Crippen LogP contribution in [-0.2, 0) is 17.8 Å². The molecule has 0 aliphatic carbocycles. The van der Waals surface area contributed by atoms with Gasteiger partial charge in [0.2, 0.25) is 5.91 Å². The van der Waals surface area contributed by atoms with E-state index in [0.717, 1.165) is 5.56 Å². The van der Waals surface area contributed by atoms with Crippen molar-refractivity contribution in [3.05, 3.63) is 57.2 Å². The Morgan fingerprint density at radius 3 is 2.96 bits per heavy atom. The Morgan fingerprint density at radius 2 is 2.17 bits per heavy atom. The van der Waals surface area contributed by atoms with Crippen LogP contribution < -0.4 is 10.9 Å². The average Bonchev–Trinajstić information content (AvgIpc) is 2.94. The molecule has 8 heteroatoms. The summed E-state index contributed by atoms with van der Waals surface area (Å²) in [7, 11) is 0. The maximum Gasteiger partial charge on any atom is 0.267 e. The van der Waals surface area contributed by atoms with Crippen LogP contribution in [0.5, 0.6) is 0 Å². The smallest absolute Gasteiger partial charge is 0.267 e. The molecule has 1 amide bonds. The van der Waals surface area contributed by atoms with Gasteiger partial charge in [0, 0.05) is 11.6 Å². The van der Waals surface area contributed by atoms with E-state index in [2.05, 4.69) is 15.5 Å². The highest BCUT2D eigenvalue weighted by atomic mass is 35.5. The molecule has 0 bridgehead atoms. The zero-order valence-corrected chi connectivity index (χ0v) is 13.7. The molecule has 0 radical (unpaired) electrons. The molecule has 0 saturated heterocycles. The molecule has 7 nitrogen and oxygen atoms in total. The molecule has 1 aromatic carbocycles. The fourth-order valence-corrected chi connectivity index (χ4v) is 2.60. The highest BCUT2D eigenvalue weighted by Gasteiger charge is 2.13. The number of amides is 1. The van der Waals surface area contributed by atoms with E-state index in [1.165, 1.54) is 10.9 Å². The minimum absolute atomic E-state index is 0.116. The maximum atomic E-state index is 12.3. The summed E-state index contributed by atoms with van der Waals surface area (Å²) in [6.07, 6.45) is 1.89. The molecular formula is C16H15ClN4O3. The third-order valence-corrected chi connectivity index (χ3v) is 3.99. The molecule has 24 heavy (non-hydrogen) atoms. The lowest BCUT2D eigenvalue weighted by atomic mass is 10.1. The van der Waals surface area contributed by atoms with Gasteiger partial charge in [0.05, 0.1) is 5.69 Å². The lowest BCUT2D eigenvalue weighted by molar-refractivity contribution is -0.121. The van der Waals surface area contributed by atoms with Gasteiger partial charge in [-0.05, 0) is 25.0 Å². The van der Waals surface area contributed by atoms with E-state index in [-0.39, 0.29) is 23.7 Å². The first-order chi connectivity index (χ1) is 11.6. The molecule has 2 aromatic heterocycles. The molecule has 0 fully saturated rings. The molecule has 1 N–H and O–H groups in total. The first-order valence-electron chi connectivity index (χ1n) is 7.38. The van der Waals surface area contributed by atoms with Crippen molar-refractivity contribution in [1.82, 2.24) is 20.0 Å². The number of nitrogens with zero attached hydrogens (tertiary/aromatic N) is 3. The second kappa shape index (κ2) is 6.84. The van der Waals surface area contributed by atoms with Gasteiger partial charge in [-0.25, -0.2) is 4.98 Å². The van der Waals surface area contributed by atoms with Crippen molar-refractivity contribution in [2.45, 2.75) is 19.9 Å². The van der Waals surface area contributed by atoms with Gasteiger partial charge in [-0.3, -0.25) is 14.2 Å². The fourth-order valence-electron chi connectivity index (χ4n) is 2.37. The normalized spacial score (nSPS) is 10.9. The number of benzene rings is 1. The summed E-state index contributed by atoms with van der Waals surface area (Å²) in [6, 6.07) is 7.46. The predicted molar refractivity (Wildman–Crippen MR) is 89.0 cm³/mol. The van der Waals surface area contributed by atoms with Gasteiger partial charge in [0.15, 0.2) is 0 Å². The first kappa shape index (κ1) is 16.2. The molecule has 0 aliphatic heterocycles. The van der Waals surface area contributed by atoms with E-state index in [1.54, 1.807) is 13.0 Å². The van der Waals surface area contributed by atoms with Crippen LogP contribution in [0.15, 0.2) is 39.9 Å². The van der Waals surface area contributed by atoms with E-state index in [4.69, 9.17) is 16.1 Å². The fraction of sp³-hybridized carbons (Fsp3) is 0.250. The zero-order valence-electron chi connectivity index (χ0n) is 13.0. The molecule has 124 valence electrons. The molecule has 0 unspecified atom stereocenters. The van der Waals surface area contributed by atoms with Gasteiger partial charge in [0.1, 0.15) is 18.3 Å². The van der Waals surface area contributed by atoms with Gasteiger partial charge < -0.3 is 9.84 Å². The highest BCUT2D eigenvalue weighted by molar-refractivity contribution is 6.31. The minimum atomic E-state index is -0.347. The summed E-state index contributed by atoms with van der Waals surface area (Å²) >= 11 is 6.07. The Kier molecular flexibility index (Phi) is 4.61. The Labute approximate surface area is 142 Å². The van der Waals surface area contributed by atoms with Crippen molar-refractivity contribution in [1.29, 1.82) is 0 Å². The van der Waals surface area contributed by atoms with Crippen molar-refractivity contribution in [2.24, 2.45) is 0 Å². The molecule has 2 heterocycles. The lowest BCUT2D eigenvalue weighted by Gasteiger charge is -2.08. The number of halogens is 1. The van der Waals surface area contributed by atoms with E-state index in [9.17, 15) is 9.59 Å². The van der Waals surface area contributed by atoms with Crippen LogP contribution in [0.1, 0.15) is 11.3 Å². The number of carbonyl (C=O) groups is 1. The van der Waals surface area contributed by atoms with Crippen LogP contribution in [0.25, 0.3) is 11.1 Å². The highest BCUT2D eigenvalue weighted by Crippen LogP contribution is 2.14. The largest absolute Gasteiger partial charge is 0.354 e. The zero-order chi connectivity index (χ0) is 17.1. The van der Waals surface area contributed by atoms with Crippen molar-refractivity contribution in [2.75, 3.05) is 6.54 Å². The Morgan fingerprint density at radius 1 is 1.38 bits per heavy atom. The number of aryl methyl sites for hydroxylation is 1. The number of fused-ring (bicyclic) bond motifs is 1. The van der Waals surface area contributed by atoms with Crippen molar-refractivity contribution in [3.63, 3.8) is 0 Å². The standard InChI is InChI=1S/C16H15ClN4O3/c1-10-14-15(24-20-10)19-9-21(16(14)23)8-13(22)18-7-6-11-4-2-3-5-12(11)17/h2-5,9H,6-8H2,1H3,(H,18,22). The van der Waals surface area contributed by atoms with E-state index in [0.29, 0.717) is 29.1 Å². The first-order valence-corrected chi connectivity index (χ1v) is 7.75. The second-order valence-corrected chi connectivity index (χ2v) is 5.72. The Hall–Kier alpha value is -2.67. The third kappa shape index (κ3) is 3.30. The monoisotopic (exact) mass is 346 g/mol. The van der Waals surface area contributed by atoms with Crippen LogP contribution >= 0.6 is 11.6 Å². The van der Waals surface area contributed by atoms with Crippen LogP contribution in [0.3, 0.4) is 0 Å². The molecule has 3 rings (SSSR count). The van der Waals surface area contributed by atoms with Crippen molar-refractivity contribution < 1.29 is 9.32 Å². The van der Waals surface area contributed by atoms with Crippen LogP contribution in [-0.4, -0.2) is 27.2 Å². The Bertz CT molecular complexity index is 948. The minimum Gasteiger partial charge on any atom is -0.354 e. The molecule has 0 atom stereocenters. The van der Waals surface area contributed by atoms with Crippen molar-refractivity contribution in [3.8, 4) is 0 Å². The van der Waals surface area contributed by atoms with Gasteiger partial charge >= 0.3 is 0 Å². The molecule has 3 aromatic rings. The van der Waals surface area contributed by atoms with Gasteiger partial charge in [-0.2, -0.15) is 0 Å². The number of hydrogen-bond acceptors (Lipinski definition) is 5. The summed E-state index contributed by atoms with van der Waals surface area (Å²) in [6.45, 7) is 1.97. The quantitative estimate of drug-likeness (QED) is 0.759. The average molecular weight is 347 g/mol. The van der Waals surface area contributed by atoms with Gasteiger partial charge in [0.25, 0.3) is 11.3 Å². The summed E-state index contributed by atoms with van der Waals surface area (Å²) in [4.78, 5) is 28.3. The predicted octanol–water partition coefficient (Wildman–Crippen LogP) is 1.71. The maximum absolute atomic E-state index is 12.3. The van der Waals surface area contributed by atoms with Crippen LogP contribution in [0, 0.1) is 6.92 Å². The van der Waals surface area contributed by atoms with E-state index >= 15 is 0 Å². The van der Waals surface area contributed by atoms with Crippen molar-refractivity contribution >= 4 is 28.6 Å². The lowest BCUT2D eigenvalue weighted by Crippen LogP contribution is -2.33. The summed E-state index contributed by atoms with van der Waals surface area (Å²) in [5.74, 6) is -0.278. The van der Waals surface area contributed by atoms with E-state index in [1.807, 2.05) is 18.2 Å². The number of carbonyl (C=O) groups excluding carboxylic acids is 1. The van der Waals surface area contributed by atoms with E-state index < -0.39 is 0 Å². The van der Waals surface area contributed by atoms with Gasteiger partial charge in [-0.15, -0.1) is 0 Å². The second-order valence-electron chi connectivity index (χ2n) is 5.32. The third-order valence-electron chi connectivity index (χ3n) is 3.62. The summed E-state index contributed by atoms with van der Waals surface area (Å²) in [5, 5.41) is 7.43. The summed E-state index contributed by atoms with van der Waals surface area (Å²) < 4.78 is 6.16. The summed E-state index contributed by atoms with van der Waals surface area (Å²) in [5.41, 5.74) is 1.24. The van der Waals surface area contributed by atoms with Gasteiger partial charge in [-0.1, -0.05) is 35.0 Å². The molecular weight excluding hydrogens is 332 g/mol. The SMILES string of the molecule is Cc1noc2ncn(CC(=O)NCCc3ccccc3Cl)c(=O)c12. The Balaban J connectivity index is 1.63. The molecule has 0 aliphatic rings.